The summed E-state index contributed by atoms with van der Waals surface area (Å²) >= 11 is 0. The molecule has 0 aliphatic rings. The van der Waals surface area contributed by atoms with Crippen molar-refractivity contribution in [3.8, 4) is 22.4 Å². The van der Waals surface area contributed by atoms with Gasteiger partial charge in [0.2, 0.25) is 0 Å². The summed E-state index contributed by atoms with van der Waals surface area (Å²) < 4.78 is 8.59. The highest BCUT2D eigenvalue weighted by molar-refractivity contribution is 6.14. The number of rotatable bonds is 2. The molecule has 0 amide bonds. The van der Waals surface area contributed by atoms with Crippen LogP contribution in [0.5, 0.6) is 0 Å². The van der Waals surface area contributed by atoms with Crippen LogP contribution in [-0.4, -0.2) is 4.98 Å². The van der Waals surface area contributed by atoms with E-state index >= 15 is 0 Å². The van der Waals surface area contributed by atoms with Crippen LogP contribution in [0, 0.1) is 13.5 Å². The number of nitrogens with zero attached hydrogens (tertiary/aromatic N) is 3. The first-order valence-electron chi connectivity index (χ1n) is 11.1. The van der Waals surface area contributed by atoms with E-state index < -0.39 is 0 Å². The second kappa shape index (κ2) is 7.56. The van der Waals surface area contributed by atoms with E-state index in [9.17, 15) is 0 Å². The first kappa shape index (κ1) is 20.9. The Kier molecular flexibility index (Phi) is 4.79. The average Bonchev–Trinajstić information content (AvgIpc) is 3.16. The molecule has 0 spiro atoms. The van der Waals surface area contributed by atoms with E-state index in [4.69, 9.17) is 11.0 Å². The van der Waals surface area contributed by atoms with Crippen LogP contribution in [0.15, 0.2) is 71.5 Å². The topological polar surface area (TPSA) is 34.3 Å². The highest BCUT2D eigenvalue weighted by Gasteiger charge is 2.27. The fourth-order valence-electron chi connectivity index (χ4n) is 4.66. The molecule has 4 nitrogen and oxygen atoms in total. The molecule has 0 fully saturated rings. The summed E-state index contributed by atoms with van der Waals surface area (Å²) in [6, 6.07) is 18.4. The van der Waals surface area contributed by atoms with Gasteiger partial charge >= 0.3 is 0 Å². The van der Waals surface area contributed by atoms with Crippen molar-refractivity contribution in [3.63, 3.8) is 0 Å². The fourth-order valence-corrected chi connectivity index (χ4v) is 4.66. The minimum Gasteiger partial charge on any atom is -0.457 e. The van der Waals surface area contributed by atoms with Gasteiger partial charge in [-0.2, -0.15) is 0 Å². The molecule has 0 unspecified atom stereocenters. The lowest BCUT2D eigenvalue weighted by Gasteiger charge is -2.22. The first-order valence-corrected chi connectivity index (χ1v) is 11.1. The van der Waals surface area contributed by atoms with Gasteiger partial charge in [0.05, 0.1) is 19.2 Å². The molecule has 4 heteroatoms. The lowest BCUT2D eigenvalue weighted by Crippen LogP contribution is -2.31. The summed E-state index contributed by atoms with van der Waals surface area (Å²) in [4.78, 5) is 8.07. The van der Waals surface area contributed by atoms with Crippen molar-refractivity contribution in [2.24, 2.45) is 7.05 Å². The minimum atomic E-state index is -0.0792. The van der Waals surface area contributed by atoms with Crippen LogP contribution in [-0.2, 0) is 12.5 Å². The maximum atomic E-state index is 7.80. The second-order valence-corrected chi connectivity index (χ2v) is 9.59. The van der Waals surface area contributed by atoms with Crippen LogP contribution in [0.4, 0.5) is 5.69 Å². The van der Waals surface area contributed by atoms with Crippen LogP contribution in [0.3, 0.4) is 0 Å². The predicted molar refractivity (Wildman–Crippen MR) is 133 cm³/mol. The largest absolute Gasteiger partial charge is 0.457 e. The quantitative estimate of drug-likeness (QED) is 0.217. The van der Waals surface area contributed by atoms with E-state index in [1.165, 1.54) is 5.56 Å². The maximum Gasteiger partial charge on any atom is 0.286 e. The van der Waals surface area contributed by atoms with Crippen LogP contribution < -0.4 is 4.57 Å². The molecule has 0 radical (unpaired) electrons. The zero-order valence-electron chi connectivity index (χ0n) is 19.6. The molecule has 2 aromatic heterocycles. The van der Waals surface area contributed by atoms with Gasteiger partial charge in [-0.3, -0.25) is 0 Å². The lowest BCUT2D eigenvalue weighted by atomic mass is 9.81. The van der Waals surface area contributed by atoms with E-state index in [1.54, 1.807) is 0 Å². The minimum absolute atomic E-state index is 0.0792. The Morgan fingerprint density at radius 1 is 1.03 bits per heavy atom. The number of furan rings is 1. The van der Waals surface area contributed by atoms with E-state index in [1.807, 2.05) is 54.5 Å². The maximum absolute atomic E-state index is 7.80. The van der Waals surface area contributed by atoms with E-state index in [0.717, 1.165) is 49.9 Å². The fraction of sp³-hybridized carbons (Fsp3) is 0.207. The molecule has 5 aromatic rings. The molecule has 0 aliphatic carbocycles. The van der Waals surface area contributed by atoms with Crippen LogP contribution >= 0.6 is 0 Å². The molecule has 0 bridgehead atoms. The highest BCUT2D eigenvalue weighted by Crippen LogP contribution is 2.45. The Hall–Kier alpha value is -3.97. The second-order valence-electron chi connectivity index (χ2n) is 9.59. The molecule has 2 heterocycles. The van der Waals surface area contributed by atoms with Crippen molar-refractivity contribution >= 4 is 27.6 Å². The van der Waals surface area contributed by atoms with Gasteiger partial charge in [0.15, 0.2) is 5.69 Å². The van der Waals surface area contributed by atoms with Gasteiger partial charge in [0.1, 0.15) is 23.1 Å². The molecule has 5 rings (SSSR count). The predicted octanol–water partition coefficient (Wildman–Crippen LogP) is 7.30. The van der Waals surface area contributed by atoms with Gasteiger partial charge in [-0.1, -0.05) is 68.2 Å². The third-order valence-corrected chi connectivity index (χ3v) is 6.27. The third-order valence-electron chi connectivity index (χ3n) is 6.27. The van der Waals surface area contributed by atoms with Crippen LogP contribution in [0.2, 0.25) is 0 Å². The molecule has 0 saturated heterocycles. The number of aromatic nitrogens is 2. The van der Waals surface area contributed by atoms with Crippen LogP contribution in [0.25, 0.3) is 49.2 Å². The summed E-state index contributed by atoms with van der Waals surface area (Å²) in [5, 5.41) is 2.16. The monoisotopic (exact) mass is 432 g/mol. The molecular formula is C29H26N3O+. The Balaban J connectivity index is 1.97. The van der Waals surface area contributed by atoms with Crippen molar-refractivity contribution in [2.75, 3.05) is 0 Å². The summed E-state index contributed by atoms with van der Waals surface area (Å²) in [5.41, 5.74) is 8.57. The number of benzene rings is 3. The summed E-state index contributed by atoms with van der Waals surface area (Å²) in [7, 11) is 2.00. The van der Waals surface area contributed by atoms with Crippen molar-refractivity contribution in [1.29, 1.82) is 0 Å². The molecule has 0 saturated carbocycles. The highest BCUT2D eigenvalue weighted by atomic mass is 16.3. The van der Waals surface area contributed by atoms with Gasteiger partial charge in [0.25, 0.3) is 6.33 Å². The molecule has 3 aromatic carbocycles. The smallest absolute Gasteiger partial charge is 0.286 e. The summed E-state index contributed by atoms with van der Waals surface area (Å²) in [5.74, 6) is 0. The molecule has 0 N–H and O–H groups in total. The van der Waals surface area contributed by atoms with E-state index in [2.05, 4.69) is 61.8 Å². The number of fused-ring (bicyclic) bond motifs is 3. The Labute approximate surface area is 194 Å². The van der Waals surface area contributed by atoms with E-state index in [-0.39, 0.29) is 5.41 Å². The van der Waals surface area contributed by atoms with Gasteiger partial charge in [0, 0.05) is 16.8 Å². The average molecular weight is 433 g/mol. The Morgan fingerprint density at radius 2 is 1.79 bits per heavy atom. The molecule has 0 atom stereocenters. The van der Waals surface area contributed by atoms with E-state index in [0.29, 0.717) is 5.69 Å². The van der Waals surface area contributed by atoms with Crippen molar-refractivity contribution in [1.82, 2.24) is 4.98 Å². The summed E-state index contributed by atoms with van der Waals surface area (Å²) in [6.45, 7) is 16.6. The van der Waals surface area contributed by atoms with Gasteiger partial charge in [-0.25, -0.2) is 9.41 Å². The SMILES string of the molecule is [C-]#[N+]c1cc2oc3c(-c4ccnc[n+]4C)c(C)cc(C(C)(C)C)c3c2cc1-c1ccccc1. The zero-order chi connectivity index (χ0) is 23.3. The number of aryl methyl sites for hydroxylation is 2. The summed E-state index contributed by atoms with van der Waals surface area (Å²) in [6.07, 6.45) is 3.62. The third kappa shape index (κ3) is 3.37. The normalized spacial score (nSPS) is 11.8. The van der Waals surface area contributed by atoms with Crippen LogP contribution in [0.1, 0.15) is 31.9 Å². The lowest BCUT2D eigenvalue weighted by molar-refractivity contribution is -0.663. The standard InChI is InChI=1S/C29H26N3O/c1-18-14-22(29(2,3)4)27-21-15-20(19-10-8-7-9-11-19)23(30-5)16-25(21)33-28(27)26(18)24-12-13-31-17-32(24)6/h7-17H,1-4,6H3/q+1. The zero-order valence-corrected chi connectivity index (χ0v) is 19.6. The molecule has 33 heavy (non-hydrogen) atoms. The Morgan fingerprint density at radius 3 is 2.45 bits per heavy atom. The molecular weight excluding hydrogens is 406 g/mol. The van der Waals surface area contributed by atoms with Gasteiger partial charge in [-0.05, 0) is 40.7 Å². The number of hydrogen-bond acceptors (Lipinski definition) is 2. The van der Waals surface area contributed by atoms with Gasteiger partial charge in [-0.15, -0.1) is 0 Å². The van der Waals surface area contributed by atoms with Crippen molar-refractivity contribution in [2.45, 2.75) is 33.1 Å². The first-order chi connectivity index (χ1) is 15.8. The van der Waals surface area contributed by atoms with Crippen molar-refractivity contribution < 1.29 is 8.98 Å². The number of hydrogen-bond donors (Lipinski definition) is 0. The molecule has 0 aliphatic heterocycles. The van der Waals surface area contributed by atoms with Gasteiger partial charge < -0.3 is 4.42 Å². The molecule has 162 valence electrons. The Bertz CT molecular complexity index is 1560. The van der Waals surface area contributed by atoms with Crippen molar-refractivity contribution in [3.05, 3.63) is 89.7 Å².